The van der Waals surface area contributed by atoms with Crippen molar-refractivity contribution in [2.75, 3.05) is 11.9 Å². The lowest BCUT2D eigenvalue weighted by Gasteiger charge is -2.63. The van der Waals surface area contributed by atoms with Gasteiger partial charge in [0.1, 0.15) is 29.5 Å². The molecule has 1 saturated heterocycles. The lowest BCUT2D eigenvalue weighted by molar-refractivity contribution is -0.367. The largest absolute Gasteiger partial charge is 0.507 e. The van der Waals surface area contributed by atoms with Crippen LogP contribution in [0.25, 0.3) is 10.8 Å². The number of rotatable bonds is 0. The fourth-order valence-electron chi connectivity index (χ4n) is 15.0. The van der Waals surface area contributed by atoms with Crippen LogP contribution in [0.3, 0.4) is 0 Å². The molecule has 1 aromatic heterocycles. The number of pyridine rings is 1. The van der Waals surface area contributed by atoms with E-state index in [2.05, 4.69) is 5.32 Å². The Labute approximate surface area is 353 Å². The summed E-state index contributed by atoms with van der Waals surface area (Å²) in [4.78, 5) is 34.2. The Bertz CT molecular complexity index is 2540. The Hall–Kier alpha value is -4.17. The summed E-state index contributed by atoms with van der Waals surface area (Å²) in [6, 6.07) is 6.18. The van der Waals surface area contributed by atoms with Crippen LogP contribution in [0.15, 0.2) is 53.8 Å². The van der Waals surface area contributed by atoms with Gasteiger partial charge in [-0.25, -0.2) is 4.98 Å². The van der Waals surface area contributed by atoms with Crippen LogP contribution in [0.4, 0.5) is 5.82 Å². The topological polar surface area (TPSA) is 199 Å². The number of aromatic nitrogens is 1. The van der Waals surface area contributed by atoms with Gasteiger partial charge in [-0.05, 0) is 135 Å². The highest BCUT2D eigenvalue weighted by atomic mass is 16.7. The maximum absolute atomic E-state index is 14.8. The molecule has 4 aliphatic heterocycles. The molecule has 6 aliphatic carbocycles. The van der Waals surface area contributed by atoms with Gasteiger partial charge in [0.25, 0.3) is 5.79 Å². The number of hydrogen-bond acceptors (Lipinski definition) is 12. The maximum Gasteiger partial charge on any atom is 0.260 e. The van der Waals surface area contributed by atoms with E-state index in [4.69, 9.17) is 14.5 Å². The van der Waals surface area contributed by atoms with Crippen LogP contribution in [0.1, 0.15) is 134 Å². The number of fused-ring (bicyclic) bond motifs is 5. The van der Waals surface area contributed by atoms with Crippen molar-refractivity contribution in [1.82, 2.24) is 4.98 Å². The number of phenolic OH excluding ortho intramolecular Hbond substituents is 1. The van der Waals surface area contributed by atoms with Gasteiger partial charge in [-0.1, -0.05) is 37.3 Å². The van der Waals surface area contributed by atoms with E-state index in [1.165, 1.54) is 12.1 Å². The summed E-state index contributed by atoms with van der Waals surface area (Å²) in [7, 11) is 0. The van der Waals surface area contributed by atoms with Crippen LogP contribution in [0, 0.1) is 28.6 Å². The number of aromatic hydroxyl groups is 1. The molecule has 5 heterocycles. The van der Waals surface area contributed by atoms with Crippen molar-refractivity contribution in [3.8, 4) is 11.5 Å². The predicted molar refractivity (Wildman–Crippen MR) is 222 cm³/mol. The number of nitrogens with zero attached hydrogens (tertiary/aromatic N) is 1. The molecule has 12 nitrogen and oxygen atoms in total. The van der Waals surface area contributed by atoms with Crippen LogP contribution in [0.5, 0.6) is 11.5 Å². The molecule has 2 aromatic carbocycles. The summed E-state index contributed by atoms with van der Waals surface area (Å²) >= 11 is 0. The summed E-state index contributed by atoms with van der Waals surface area (Å²) in [6.45, 7) is 1.81. The van der Waals surface area contributed by atoms with E-state index in [-0.39, 0.29) is 51.1 Å². The normalized spacial score (nSPS) is 38.8. The highest BCUT2D eigenvalue weighted by Crippen LogP contribution is 2.71. The van der Waals surface area contributed by atoms with Crippen LogP contribution in [0.2, 0.25) is 0 Å². The molecule has 5 fully saturated rings. The Morgan fingerprint density at radius 2 is 1.51 bits per heavy atom. The highest BCUT2D eigenvalue weighted by molar-refractivity contribution is 6.34. The van der Waals surface area contributed by atoms with Crippen molar-refractivity contribution in [2.45, 2.75) is 145 Å². The molecule has 320 valence electrons. The fourth-order valence-corrected chi connectivity index (χ4v) is 15.0. The third-order valence-electron chi connectivity index (χ3n) is 17.8. The van der Waals surface area contributed by atoms with Gasteiger partial charge in [-0.15, -0.1) is 0 Å². The zero-order valence-electron chi connectivity index (χ0n) is 34.5. The van der Waals surface area contributed by atoms with Gasteiger partial charge in [0.15, 0.2) is 17.5 Å². The average Bonchev–Trinajstić information content (AvgIpc) is 4.07. The molecule has 7 N–H and O–H groups in total. The molecule has 3 aromatic rings. The molecule has 9 atom stereocenters. The molecule has 0 amide bonds. The second-order valence-corrected chi connectivity index (χ2v) is 20.8. The van der Waals surface area contributed by atoms with Crippen LogP contribution >= 0.6 is 0 Å². The molecular formula is C49H54N2O10. The summed E-state index contributed by atoms with van der Waals surface area (Å²) < 4.78 is 14.0. The number of ether oxygens (including phenoxy) is 2. The zero-order valence-corrected chi connectivity index (χ0v) is 34.5. The lowest BCUT2D eigenvalue weighted by Crippen LogP contribution is -2.78. The Morgan fingerprint density at radius 1 is 0.787 bits per heavy atom. The van der Waals surface area contributed by atoms with Gasteiger partial charge >= 0.3 is 0 Å². The number of nitrogens with one attached hydrogen (secondary N) is 1. The molecule has 0 unspecified atom stereocenters. The van der Waals surface area contributed by atoms with Crippen molar-refractivity contribution in [2.24, 2.45) is 21.7 Å². The first-order valence-corrected chi connectivity index (χ1v) is 22.6. The number of hydrogen-bond donors (Lipinski definition) is 7. The minimum Gasteiger partial charge on any atom is -0.507 e. The molecule has 4 saturated carbocycles. The van der Waals surface area contributed by atoms with Gasteiger partial charge < -0.3 is 45.4 Å². The number of anilines is 1. The van der Waals surface area contributed by atoms with E-state index >= 15 is 0 Å². The Kier molecular flexibility index (Phi) is 7.90. The van der Waals surface area contributed by atoms with E-state index in [1.54, 1.807) is 37.4 Å². The Balaban J connectivity index is 1.14. The molecular weight excluding hydrogens is 777 g/mol. The van der Waals surface area contributed by atoms with Crippen molar-refractivity contribution in [3.05, 3.63) is 81.6 Å². The van der Waals surface area contributed by atoms with Crippen molar-refractivity contribution in [1.29, 1.82) is 0 Å². The highest BCUT2D eigenvalue weighted by Gasteiger charge is 2.74. The quantitative estimate of drug-likeness (QED) is 0.112. The number of carbonyl (C=O) groups is 2. The number of ketones is 2. The Morgan fingerprint density at radius 3 is 2.26 bits per heavy atom. The van der Waals surface area contributed by atoms with Crippen LogP contribution in [-0.4, -0.2) is 95.6 Å². The standard InChI is InChI=1S/C49H54N2O10/c1-25-18-28-34(31(52)19-25)38(55)36-32-20-27-26(35(36)37(28)54)7-17-50-42(27)51-22-33(53)47(16-14-45(24-47)10-4-5-11-45)30-21-46(15-13-44(23-46)8-2-3-9-44)43(59)49-29(30)6-12-48(60-32,61-49)40(57)39(56)41(49)58/h6-7,12,17-20,33,39-41,43,52-53,56-59H,2-5,8-11,13-16,21-24H2,1H3,(H,50,51)/t33-,39-,40-,41+,43+,46-,47-,48-,49+/m1/s1. The number of aliphatic hydroxyl groups excluding tert-OH is 5. The summed E-state index contributed by atoms with van der Waals surface area (Å²) in [5.74, 6) is -3.70. The number of aryl methyl sites for hydroxylation is 1. The number of benzene rings is 2. The SMILES string of the molecule is Cc1cc(O)c2c(c1)C(=O)c1c(c3cc4c(nccc14)NC[C@@H](O)[C@@]1(CCC4(CCCC4)C1)C1=C4C=C[C@@]5(O3)O[C@@]4([C@@H](O)[C@H](O)[C@H]5O)[C@@H](O)[C@]3(CCC4(CCCC4)C3)C1)C2=O. The fraction of sp³-hybridized carbons (Fsp3) is 0.571. The lowest BCUT2D eigenvalue weighted by atomic mass is 9.52. The van der Waals surface area contributed by atoms with Gasteiger partial charge in [-0.3, -0.25) is 9.59 Å². The monoisotopic (exact) mass is 830 g/mol. The second kappa shape index (κ2) is 12.5. The van der Waals surface area contributed by atoms with Crippen molar-refractivity contribution >= 4 is 28.2 Å². The van der Waals surface area contributed by atoms with Gasteiger partial charge in [-0.2, -0.15) is 0 Å². The zero-order chi connectivity index (χ0) is 42.1. The number of carbonyl (C=O) groups excluding carboxylic acids is 2. The van der Waals surface area contributed by atoms with E-state index in [0.717, 1.165) is 76.2 Å². The first-order valence-electron chi connectivity index (χ1n) is 22.6. The van der Waals surface area contributed by atoms with Gasteiger partial charge in [0, 0.05) is 40.1 Å². The second-order valence-electron chi connectivity index (χ2n) is 20.8. The summed E-state index contributed by atoms with van der Waals surface area (Å²) in [6.07, 6.45) is 10.6. The van der Waals surface area contributed by atoms with Gasteiger partial charge in [0.05, 0.1) is 23.3 Å². The first kappa shape index (κ1) is 38.5. The van der Waals surface area contributed by atoms with E-state index in [1.807, 2.05) is 0 Å². The van der Waals surface area contributed by atoms with Crippen molar-refractivity contribution < 1.29 is 49.7 Å². The number of phenols is 1. The minimum atomic E-state index is -2.29. The third kappa shape index (κ3) is 4.84. The smallest absolute Gasteiger partial charge is 0.260 e. The number of aliphatic hydroxyl groups is 5. The molecule has 12 heteroatoms. The minimum absolute atomic E-state index is 0.00709. The molecule has 6 bridgehead atoms. The average molecular weight is 831 g/mol. The van der Waals surface area contributed by atoms with Crippen molar-refractivity contribution in [3.63, 3.8) is 0 Å². The van der Waals surface area contributed by atoms with E-state index in [9.17, 15) is 40.2 Å². The maximum atomic E-state index is 14.8. The molecule has 6 spiro atoms. The van der Waals surface area contributed by atoms with E-state index in [0.29, 0.717) is 53.4 Å². The first-order chi connectivity index (χ1) is 29.2. The summed E-state index contributed by atoms with van der Waals surface area (Å²) in [5.41, 5.74) is -1.87. The van der Waals surface area contributed by atoms with Crippen LogP contribution in [-0.2, 0) is 4.74 Å². The van der Waals surface area contributed by atoms with Gasteiger partial charge in [0.2, 0.25) is 5.78 Å². The van der Waals surface area contributed by atoms with Crippen LogP contribution < -0.4 is 10.1 Å². The van der Waals surface area contributed by atoms with E-state index < -0.39 is 64.3 Å². The molecule has 61 heavy (non-hydrogen) atoms. The molecule has 0 radical (unpaired) electrons. The third-order valence-corrected chi connectivity index (χ3v) is 17.8. The summed E-state index contributed by atoms with van der Waals surface area (Å²) in [5, 5.41) is 78.7. The predicted octanol–water partition coefficient (Wildman–Crippen LogP) is 5.83. The molecule has 13 rings (SSSR count). The molecule has 10 aliphatic rings.